The molecule has 0 spiro atoms. The predicted octanol–water partition coefficient (Wildman–Crippen LogP) is -1.97. The van der Waals surface area contributed by atoms with Crippen molar-refractivity contribution in [3.63, 3.8) is 0 Å². The van der Waals surface area contributed by atoms with Gasteiger partial charge in [0.2, 0.25) is 0 Å². The molecule has 0 aromatic rings. The summed E-state index contributed by atoms with van der Waals surface area (Å²) in [7, 11) is 0. The van der Waals surface area contributed by atoms with E-state index < -0.39 is 6.03 Å². The summed E-state index contributed by atoms with van der Waals surface area (Å²) < 4.78 is 0. The van der Waals surface area contributed by atoms with E-state index in [1.54, 1.807) is 10.9 Å². The van der Waals surface area contributed by atoms with Crippen LogP contribution in [0.25, 0.3) is 0 Å². The van der Waals surface area contributed by atoms with Crippen molar-refractivity contribution >= 4 is 6.03 Å². The first kappa shape index (κ1) is 9.94. The second-order valence-electron chi connectivity index (χ2n) is 0.618. The van der Waals surface area contributed by atoms with E-state index in [2.05, 4.69) is 11.7 Å². The van der Waals surface area contributed by atoms with Gasteiger partial charge in [-0.3, -0.25) is 10.9 Å². The largest absolute Gasteiger partial charge is 0.343 e. The summed E-state index contributed by atoms with van der Waals surface area (Å²) in [6.07, 6.45) is 0. The van der Waals surface area contributed by atoms with Crippen molar-refractivity contribution in [3.8, 4) is 0 Å². The third-order valence-electron chi connectivity index (χ3n) is 0.262. The summed E-state index contributed by atoms with van der Waals surface area (Å²) in [5.41, 5.74) is 3.48. The molecule has 0 bridgehead atoms. The van der Waals surface area contributed by atoms with E-state index in [0.717, 1.165) is 0 Å². The Morgan fingerprint density at radius 3 is 1.57 bits per heavy atom. The van der Waals surface area contributed by atoms with Crippen molar-refractivity contribution in [1.82, 2.24) is 10.9 Å². The Bertz CT molecular complexity index is 49.7. The first-order valence-corrected chi connectivity index (χ1v) is 1.28. The van der Waals surface area contributed by atoms with Crippen molar-refractivity contribution in [2.45, 2.75) is 0 Å². The number of hydrogen-bond acceptors (Lipinski definition) is 3. The fourth-order valence-electron chi connectivity index (χ4n) is 0.0417. The Kier molecular flexibility index (Phi) is 8.25. The van der Waals surface area contributed by atoms with Crippen molar-refractivity contribution in [2.24, 2.45) is 11.7 Å². The number of carbonyl (C=O) groups is 1. The van der Waals surface area contributed by atoms with E-state index in [4.69, 9.17) is 0 Å². The monoisotopic (exact) mass is 154 g/mol. The number of rotatable bonds is 0. The minimum absolute atomic E-state index is 0. The van der Waals surface area contributed by atoms with Crippen molar-refractivity contribution in [1.29, 1.82) is 0 Å². The van der Waals surface area contributed by atoms with E-state index in [1.807, 2.05) is 0 Å². The standard InChI is InChI=1S/CH6N4O.Zn/c2-4-1(6)5-3;/h2-3H2,(H2,4,5,6);. The van der Waals surface area contributed by atoms with Crippen LogP contribution in [0.5, 0.6) is 0 Å². The molecule has 0 fully saturated rings. The minimum atomic E-state index is -0.602. The van der Waals surface area contributed by atoms with Gasteiger partial charge in [0.1, 0.15) is 0 Å². The normalized spacial score (nSPS) is 6.00. The van der Waals surface area contributed by atoms with Crippen molar-refractivity contribution in [2.75, 3.05) is 0 Å². The summed E-state index contributed by atoms with van der Waals surface area (Å²) in [4.78, 5) is 9.71. The van der Waals surface area contributed by atoms with Crippen LogP contribution in [-0.2, 0) is 19.5 Å². The van der Waals surface area contributed by atoms with Crippen LogP contribution in [0.2, 0.25) is 0 Å². The molecule has 0 aliphatic carbocycles. The second-order valence-corrected chi connectivity index (χ2v) is 0.618. The molecule has 0 saturated heterocycles. The number of hydrazine groups is 2. The van der Waals surface area contributed by atoms with Gasteiger partial charge in [0.15, 0.2) is 0 Å². The minimum Gasteiger partial charge on any atom is -0.275 e. The molecule has 0 aromatic carbocycles. The Morgan fingerprint density at radius 2 is 1.57 bits per heavy atom. The molecule has 0 rings (SSSR count). The Hall–Kier alpha value is -0.187. The zero-order chi connectivity index (χ0) is 4.99. The number of amides is 2. The molecule has 0 aliphatic rings. The summed E-state index contributed by atoms with van der Waals surface area (Å²) >= 11 is 0. The van der Waals surface area contributed by atoms with E-state index in [-0.39, 0.29) is 19.5 Å². The van der Waals surface area contributed by atoms with Gasteiger partial charge in [-0.1, -0.05) is 0 Å². The maximum Gasteiger partial charge on any atom is 0.343 e. The van der Waals surface area contributed by atoms with Gasteiger partial charge in [-0.05, 0) is 0 Å². The van der Waals surface area contributed by atoms with E-state index >= 15 is 0 Å². The number of carbonyl (C=O) groups excluding carboxylic acids is 1. The summed E-state index contributed by atoms with van der Waals surface area (Å²) in [5.74, 6) is 9.08. The SMILES string of the molecule is NNC(=O)NN.[Zn]. The Balaban J connectivity index is 0. The first-order chi connectivity index (χ1) is 2.81. The van der Waals surface area contributed by atoms with Gasteiger partial charge in [0.05, 0.1) is 0 Å². The Morgan fingerprint density at radius 1 is 1.29 bits per heavy atom. The molecule has 5 nitrogen and oxygen atoms in total. The molecule has 38 valence electrons. The molecule has 0 aliphatic heterocycles. The number of nitrogens with one attached hydrogen (secondary N) is 2. The van der Waals surface area contributed by atoms with Crippen LogP contribution in [-0.4, -0.2) is 6.03 Å². The van der Waals surface area contributed by atoms with Gasteiger partial charge in [-0.15, -0.1) is 0 Å². The molecule has 6 heteroatoms. The molecule has 6 N–H and O–H groups in total. The van der Waals surface area contributed by atoms with Crippen LogP contribution in [0.15, 0.2) is 0 Å². The molecule has 0 saturated carbocycles. The first-order valence-electron chi connectivity index (χ1n) is 1.28. The maximum absolute atomic E-state index is 9.71. The summed E-state index contributed by atoms with van der Waals surface area (Å²) in [5, 5.41) is 0. The molecule has 0 heterocycles. The topological polar surface area (TPSA) is 93.2 Å². The van der Waals surface area contributed by atoms with Gasteiger partial charge in [0.25, 0.3) is 0 Å². The molecule has 0 aromatic heterocycles. The zero-order valence-corrected chi connectivity index (χ0v) is 6.74. The van der Waals surface area contributed by atoms with Crippen molar-refractivity contribution in [3.05, 3.63) is 0 Å². The second kappa shape index (κ2) is 5.81. The van der Waals surface area contributed by atoms with E-state index in [0.29, 0.717) is 0 Å². The van der Waals surface area contributed by atoms with Crippen molar-refractivity contribution < 1.29 is 24.3 Å². The van der Waals surface area contributed by atoms with Crippen LogP contribution in [0.3, 0.4) is 0 Å². The van der Waals surface area contributed by atoms with Crippen LogP contribution < -0.4 is 22.5 Å². The number of urea groups is 1. The number of hydrogen-bond donors (Lipinski definition) is 4. The third-order valence-corrected chi connectivity index (χ3v) is 0.262. The fourth-order valence-corrected chi connectivity index (χ4v) is 0.0417. The molecular formula is CH6N4OZn. The predicted molar refractivity (Wildman–Crippen MR) is 20.0 cm³/mol. The van der Waals surface area contributed by atoms with Crippen LogP contribution in [0.1, 0.15) is 0 Å². The van der Waals surface area contributed by atoms with Gasteiger partial charge < -0.3 is 0 Å². The summed E-state index contributed by atoms with van der Waals surface area (Å²) in [6, 6.07) is -0.602. The van der Waals surface area contributed by atoms with E-state index in [1.165, 1.54) is 0 Å². The zero-order valence-electron chi connectivity index (χ0n) is 3.77. The third kappa shape index (κ3) is 5.81. The van der Waals surface area contributed by atoms with Crippen LogP contribution >= 0.6 is 0 Å². The molecule has 7 heavy (non-hydrogen) atoms. The smallest absolute Gasteiger partial charge is 0.275 e. The molecule has 0 atom stereocenters. The van der Waals surface area contributed by atoms with Gasteiger partial charge in [-0.2, -0.15) is 0 Å². The molecule has 0 radical (unpaired) electrons. The maximum atomic E-state index is 9.71. The molecular weight excluding hydrogens is 149 g/mol. The summed E-state index contributed by atoms with van der Waals surface area (Å²) in [6.45, 7) is 0. The average Bonchev–Trinajstić information content (AvgIpc) is 1.65. The quantitative estimate of drug-likeness (QED) is 0.142. The fraction of sp³-hybridized carbons (Fsp3) is 0. The van der Waals surface area contributed by atoms with Crippen LogP contribution in [0.4, 0.5) is 4.79 Å². The van der Waals surface area contributed by atoms with Gasteiger partial charge in [-0.25, -0.2) is 16.5 Å². The molecule has 2 amide bonds. The number of nitrogens with two attached hydrogens (primary N) is 2. The van der Waals surface area contributed by atoms with Crippen LogP contribution in [0, 0.1) is 0 Å². The Labute approximate surface area is 53.5 Å². The average molecular weight is 155 g/mol. The van der Waals surface area contributed by atoms with Gasteiger partial charge >= 0.3 is 6.03 Å². The van der Waals surface area contributed by atoms with Gasteiger partial charge in [0, 0.05) is 19.5 Å². The van der Waals surface area contributed by atoms with E-state index in [9.17, 15) is 4.79 Å². The molecule has 0 unspecified atom stereocenters.